The molecule has 0 saturated heterocycles. The highest BCUT2D eigenvalue weighted by molar-refractivity contribution is 5.68. The van der Waals surface area contributed by atoms with Crippen molar-refractivity contribution in [3.8, 4) is 0 Å². The van der Waals surface area contributed by atoms with E-state index in [1.165, 1.54) is 25.7 Å². The third-order valence-corrected chi connectivity index (χ3v) is 2.12. The van der Waals surface area contributed by atoms with Crippen LogP contribution in [0.4, 0.5) is 0 Å². The second-order valence-corrected chi connectivity index (χ2v) is 5.17. The molecule has 0 aliphatic heterocycles. The molecule has 0 fully saturated rings. The Labute approximate surface area is 99.4 Å². The summed E-state index contributed by atoms with van der Waals surface area (Å²) in [5.41, 5.74) is -0.420. The van der Waals surface area contributed by atoms with Gasteiger partial charge in [-0.1, -0.05) is 39.0 Å². The molecule has 96 valence electrons. The normalized spacial score (nSPS) is 11.5. The van der Waals surface area contributed by atoms with E-state index >= 15 is 0 Å². The molecule has 0 aliphatic rings. The van der Waals surface area contributed by atoms with Crippen molar-refractivity contribution in [2.45, 2.75) is 78.2 Å². The van der Waals surface area contributed by atoms with Crippen LogP contribution < -0.4 is 0 Å². The maximum absolute atomic E-state index is 11.2. The van der Waals surface area contributed by atoms with E-state index in [-0.39, 0.29) is 5.97 Å². The van der Waals surface area contributed by atoms with Gasteiger partial charge in [0.2, 0.25) is 0 Å². The van der Waals surface area contributed by atoms with E-state index in [2.05, 4.69) is 6.92 Å². The Morgan fingerprint density at radius 2 is 1.56 bits per heavy atom. The molecule has 0 bridgehead atoms. The summed E-state index contributed by atoms with van der Waals surface area (Å²) in [4.78, 5) is 20.9. The number of hydrogen-bond acceptors (Lipinski definition) is 3. The van der Waals surface area contributed by atoms with E-state index in [9.17, 15) is 4.79 Å². The standard InChI is InChI=1S/C13H26O3/c1-5-6-7-8-9-10-11-12(14)15-16-13(2,3)4/h5-11H2,1-4H3. The molecular weight excluding hydrogens is 204 g/mol. The highest BCUT2D eigenvalue weighted by Gasteiger charge is 2.14. The van der Waals surface area contributed by atoms with Crippen LogP contribution in [0.1, 0.15) is 72.6 Å². The first-order valence-corrected chi connectivity index (χ1v) is 6.34. The van der Waals surface area contributed by atoms with Crippen LogP contribution in [-0.4, -0.2) is 11.6 Å². The molecule has 3 nitrogen and oxygen atoms in total. The van der Waals surface area contributed by atoms with Gasteiger partial charge in [0.1, 0.15) is 5.60 Å². The minimum atomic E-state index is -0.420. The molecule has 0 aromatic heterocycles. The van der Waals surface area contributed by atoms with E-state index in [1.54, 1.807) is 0 Å². The first-order valence-electron chi connectivity index (χ1n) is 6.34. The molecule has 0 saturated carbocycles. The summed E-state index contributed by atoms with van der Waals surface area (Å²) in [7, 11) is 0. The number of carbonyl (C=O) groups excluding carboxylic acids is 1. The Morgan fingerprint density at radius 1 is 1.00 bits per heavy atom. The zero-order valence-corrected chi connectivity index (χ0v) is 11.2. The molecule has 0 atom stereocenters. The summed E-state index contributed by atoms with van der Waals surface area (Å²) >= 11 is 0. The van der Waals surface area contributed by atoms with Crippen LogP contribution in [0.2, 0.25) is 0 Å². The molecule has 3 heteroatoms. The summed E-state index contributed by atoms with van der Waals surface area (Å²) in [6, 6.07) is 0. The van der Waals surface area contributed by atoms with Crippen molar-refractivity contribution in [3.63, 3.8) is 0 Å². The lowest BCUT2D eigenvalue weighted by molar-refractivity contribution is -0.320. The molecule has 0 spiro atoms. The molecule has 0 radical (unpaired) electrons. The average Bonchev–Trinajstić information content (AvgIpc) is 2.19. The summed E-state index contributed by atoms with van der Waals surface area (Å²) in [6.45, 7) is 7.75. The highest BCUT2D eigenvalue weighted by atomic mass is 17.2. The van der Waals surface area contributed by atoms with Gasteiger partial charge < -0.3 is 0 Å². The van der Waals surface area contributed by atoms with Gasteiger partial charge in [0.05, 0.1) is 0 Å². The van der Waals surface area contributed by atoms with Crippen LogP contribution in [0.3, 0.4) is 0 Å². The van der Waals surface area contributed by atoms with E-state index in [1.807, 2.05) is 20.8 Å². The predicted octanol–water partition coefficient (Wildman–Crippen LogP) is 4.01. The minimum absolute atomic E-state index is 0.259. The predicted molar refractivity (Wildman–Crippen MR) is 64.9 cm³/mol. The quantitative estimate of drug-likeness (QED) is 0.359. The maximum atomic E-state index is 11.2. The Bertz CT molecular complexity index is 182. The summed E-state index contributed by atoms with van der Waals surface area (Å²) in [6.07, 6.45) is 7.48. The van der Waals surface area contributed by atoms with Gasteiger partial charge in [-0.15, -0.1) is 0 Å². The molecule has 0 N–H and O–H groups in total. The van der Waals surface area contributed by atoms with Gasteiger partial charge in [-0.25, -0.2) is 4.79 Å². The molecule has 0 aromatic rings. The fourth-order valence-corrected chi connectivity index (χ4v) is 1.26. The van der Waals surface area contributed by atoms with Crippen molar-refractivity contribution >= 4 is 5.97 Å². The lowest BCUT2D eigenvalue weighted by Gasteiger charge is -2.16. The summed E-state index contributed by atoms with van der Waals surface area (Å²) < 4.78 is 0. The second-order valence-electron chi connectivity index (χ2n) is 5.17. The molecule has 0 heterocycles. The Morgan fingerprint density at radius 3 is 2.12 bits per heavy atom. The van der Waals surface area contributed by atoms with E-state index in [0.29, 0.717) is 6.42 Å². The van der Waals surface area contributed by atoms with Crippen LogP contribution in [0.15, 0.2) is 0 Å². The SMILES string of the molecule is CCCCCCCCC(=O)OOC(C)(C)C. The van der Waals surface area contributed by atoms with Gasteiger partial charge in [0, 0.05) is 6.42 Å². The van der Waals surface area contributed by atoms with Gasteiger partial charge in [0.25, 0.3) is 0 Å². The van der Waals surface area contributed by atoms with Crippen molar-refractivity contribution in [2.75, 3.05) is 0 Å². The van der Waals surface area contributed by atoms with E-state index in [4.69, 9.17) is 9.78 Å². The van der Waals surface area contributed by atoms with Crippen molar-refractivity contribution in [1.29, 1.82) is 0 Å². The van der Waals surface area contributed by atoms with Gasteiger partial charge >= 0.3 is 5.97 Å². The third-order valence-electron chi connectivity index (χ3n) is 2.12. The van der Waals surface area contributed by atoms with Crippen LogP contribution >= 0.6 is 0 Å². The third kappa shape index (κ3) is 11.5. The molecule has 0 aromatic carbocycles. The van der Waals surface area contributed by atoms with Crippen LogP contribution in [0.5, 0.6) is 0 Å². The Hall–Kier alpha value is -0.570. The monoisotopic (exact) mass is 230 g/mol. The Balaban J connectivity index is 3.31. The van der Waals surface area contributed by atoms with Gasteiger partial charge in [-0.3, -0.25) is 4.89 Å². The van der Waals surface area contributed by atoms with E-state index < -0.39 is 5.60 Å². The van der Waals surface area contributed by atoms with Crippen molar-refractivity contribution in [1.82, 2.24) is 0 Å². The van der Waals surface area contributed by atoms with Crippen LogP contribution in [-0.2, 0) is 14.6 Å². The van der Waals surface area contributed by atoms with Crippen molar-refractivity contribution in [3.05, 3.63) is 0 Å². The lowest BCUT2D eigenvalue weighted by atomic mass is 10.1. The molecule has 0 amide bonds. The first-order chi connectivity index (χ1) is 7.45. The fourth-order valence-electron chi connectivity index (χ4n) is 1.26. The van der Waals surface area contributed by atoms with Crippen molar-refractivity contribution in [2.24, 2.45) is 0 Å². The van der Waals surface area contributed by atoms with Crippen LogP contribution in [0.25, 0.3) is 0 Å². The zero-order valence-electron chi connectivity index (χ0n) is 11.2. The maximum Gasteiger partial charge on any atom is 0.342 e. The molecule has 16 heavy (non-hydrogen) atoms. The topological polar surface area (TPSA) is 35.5 Å². The van der Waals surface area contributed by atoms with Gasteiger partial charge in [0.15, 0.2) is 0 Å². The number of hydrogen-bond donors (Lipinski definition) is 0. The van der Waals surface area contributed by atoms with Crippen LogP contribution in [0, 0.1) is 0 Å². The largest absolute Gasteiger partial charge is 0.342 e. The zero-order chi connectivity index (χ0) is 12.4. The lowest BCUT2D eigenvalue weighted by Crippen LogP contribution is -2.21. The molecule has 0 aliphatic carbocycles. The number of unbranched alkanes of at least 4 members (excludes halogenated alkanes) is 5. The Kier molecular flexibility index (Phi) is 8.26. The second kappa shape index (κ2) is 8.57. The smallest absolute Gasteiger partial charge is 0.298 e. The van der Waals surface area contributed by atoms with Gasteiger partial charge in [-0.05, 0) is 27.2 Å². The average molecular weight is 230 g/mol. The molecular formula is C13H26O3. The van der Waals surface area contributed by atoms with Gasteiger partial charge in [-0.2, -0.15) is 4.89 Å². The molecule has 0 unspecified atom stereocenters. The minimum Gasteiger partial charge on any atom is -0.298 e. The highest BCUT2D eigenvalue weighted by Crippen LogP contribution is 2.10. The fraction of sp³-hybridized carbons (Fsp3) is 0.923. The summed E-state index contributed by atoms with van der Waals surface area (Å²) in [5.74, 6) is -0.259. The molecule has 0 rings (SSSR count). The van der Waals surface area contributed by atoms with Crippen molar-refractivity contribution < 1.29 is 14.6 Å². The number of carbonyl (C=O) groups is 1. The van der Waals surface area contributed by atoms with E-state index in [0.717, 1.165) is 12.8 Å². The summed E-state index contributed by atoms with van der Waals surface area (Å²) in [5, 5.41) is 0. The first kappa shape index (κ1) is 15.4. The number of rotatable bonds is 8.